The number of hydrogen-bond acceptors (Lipinski definition) is 6. The second-order valence-corrected chi connectivity index (χ2v) is 8.24. The van der Waals surface area contributed by atoms with Gasteiger partial charge in [0.1, 0.15) is 5.58 Å². The first-order valence-corrected chi connectivity index (χ1v) is 9.73. The van der Waals surface area contributed by atoms with Gasteiger partial charge in [-0.25, -0.2) is 17.9 Å². The summed E-state index contributed by atoms with van der Waals surface area (Å²) in [4.78, 5) is 12.0. The lowest BCUT2D eigenvalue weighted by molar-refractivity contribution is 0.0491. The molecule has 1 aromatic carbocycles. The molecule has 8 heteroatoms. The molecule has 3 rings (SSSR count). The Morgan fingerprint density at radius 2 is 2.12 bits per heavy atom. The van der Waals surface area contributed by atoms with Gasteiger partial charge in [-0.15, -0.1) is 0 Å². The summed E-state index contributed by atoms with van der Waals surface area (Å²) in [6, 6.07) is 4.50. The molecule has 1 saturated carbocycles. The van der Waals surface area contributed by atoms with Crippen LogP contribution in [0.3, 0.4) is 0 Å². The third kappa shape index (κ3) is 3.42. The van der Waals surface area contributed by atoms with E-state index in [1.165, 1.54) is 12.1 Å². The molecule has 0 bridgehead atoms. The first kappa shape index (κ1) is 17.9. The van der Waals surface area contributed by atoms with E-state index in [4.69, 9.17) is 14.9 Å². The highest BCUT2D eigenvalue weighted by Gasteiger charge is 2.33. The van der Waals surface area contributed by atoms with E-state index in [-0.39, 0.29) is 23.8 Å². The van der Waals surface area contributed by atoms with Crippen LogP contribution in [0.15, 0.2) is 27.5 Å². The maximum Gasteiger partial charge on any atom is 0.374 e. The zero-order valence-corrected chi connectivity index (χ0v) is 15.1. The minimum Gasteiger partial charge on any atom is -0.460 e. The second-order valence-electron chi connectivity index (χ2n) is 6.48. The number of nitrogens with one attached hydrogen (secondary N) is 1. The zero-order chi connectivity index (χ0) is 18.2. The number of hydrogen-bond donors (Lipinski definition) is 2. The van der Waals surface area contributed by atoms with Gasteiger partial charge in [0.15, 0.2) is 0 Å². The van der Waals surface area contributed by atoms with Crippen molar-refractivity contribution in [2.75, 3.05) is 13.2 Å². The van der Waals surface area contributed by atoms with Gasteiger partial charge in [-0.2, -0.15) is 0 Å². The molecule has 0 radical (unpaired) electrons. The lowest BCUT2D eigenvalue weighted by atomic mass is 9.78. The third-order valence-corrected chi connectivity index (χ3v) is 6.04. The van der Waals surface area contributed by atoms with Crippen molar-refractivity contribution in [1.82, 2.24) is 4.72 Å². The quantitative estimate of drug-likeness (QED) is 0.757. The highest BCUT2D eigenvalue weighted by atomic mass is 32.2. The van der Waals surface area contributed by atoms with Crippen molar-refractivity contribution in [1.29, 1.82) is 0 Å². The lowest BCUT2D eigenvalue weighted by Crippen LogP contribution is -2.54. The van der Waals surface area contributed by atoms with Gasteiger partial charge >= 0.3 is 5.97 Å². The van der Waals surface area contributed by atoms with Crippen LogP contribution in [0.2, 0.25) is 0 Å². The summed E-state index contributed by atoms with van der Waals surface area (Å²) in [5, 5.41) is 0.567. The Kier molecular flexibility index (Phi) is 4.61. The number of sulfonamides is 1. The Morgan fingerprint density at radius 3 is 2.72 bits per heavy atom. The van der Waals surface area contributed by atoms with Gasteiger partial charge in [0.25, 0.3) is 0 Å². The average Bonchev–Trinajstić information content (AvgIpc) is 2.88. The van der Waals surface area contributed by atoms with E-state index < -0.39 is 21.5 Å². The van der Waals surface area contributed by atoms with E-state index in [0.717, 1.165) is 19.3 Å². The molecule has 0 atom stereocenters. The number of furan rings is 1. The number of nitrogens with two attached hydrogens (primary N) is 1. The summed E-state index contributed by atoms with van der Waals surface area (Å²) in [6.07, 6.45) is 2.66. The number of fused-ring (bicyclic) bond motifs is 1. The number of carbonyl (C=O) groups excluding carboxylic acids is 1. The maximum atomic E-state index is 12.5. The summed E-state index contributed by atoms with van der Waals surface area (Å²) >= 11 is 0. The number of benzene rings is 1. The molecule has 0 spiro atoms. The Morgan fingerprint density at radius 1 is 1.40 bits per heavy atom. The number of carbonyl (C=O) groups is 1. The van der Waals surface area contributed by atoms with Gasteiger partial charge in [-0.3, -0.25) is 0 Å². The van der Waals surface area contributed by atoms with Gasteiger partial charge in [0.05, 0.1) is 11.5 Å². The second kappa shape index (κ2) is 6.44. The normalized spacial score (nSPS) is 16.6. The predicted molar refractivity (Wildman–Crippen MR) is 92.9 cm³/mol. The van der Waals surface area contributed by atoms with Crippen molar-refractivity contribution in [3.05, 3.63) is 29.5 Å². The van der Waals surface area contributed by atoms with Gasteiger partial charge in [0.2, 0.25) is 15.8 Å². The predicted octanol–water partition coefficient (Wildman–Crippen LogP) is 2.08. The molecule has 7 nitrogen and oxygen atoms in total. The fraction of sp³-hybridized carbons (Fsp3) is 0.471. The van der Waals surface area contributed by atoms with Crippen LogP contribution in [0.5, 0.6) is 0 Å². The van der Waals surface area contributed by atoms with Crippen LogP contribution >= 0.6 is 0 Å². The van der Waals surface area contributed by atoms with Gasteiger partial charge in [-0.1, -0.05) is 0 Å². The molecule has 1 fully saturated rings. The lowest BCUT2D eigenvalue weighted by Gasteiger charge is -2.37. The SMILES string of the molecule is CCOC(=O)c1oc2ccc(S(=O)(=O)NCC3(N)CCC3)cc2c1C. The molecule has 1 aliphatic carbocycles. The molecule has 2 aromatic rings. The highest BCUT2D eigenvalue weighted by Crippen LogP contribution is 2.30. The fourth-order valence-corrected chi connectivity index (χ4v) is 4.05. The molecular weight excluding hydrogens is 344 g/mol. The monoisotopic (exact) mass is 366 g/mol. The summed E-state index contributed by atoms with van der Waals surface area (Å²) in [5.41, 5.74) is 6.62. The first-order chi connectivity index (χ1) is 11.8. The number of rotatable bonds is 6. The van der Waals surface area contributed by atoms with Crippen LogP contribution in [0, 0.1) is 6.92 Å². The molecule has 0 aliphatic heterocycles. The molecule has 1 heterocycles. The van der Waals surface area contributed by atoms with Crippen LogP contribution in [-0.4, -0.2) is 33.1 Å². The third-order valence-electron chi connectivity index (χ3n) is 4.64. The fourth-order valence-electron chi connectivity index (χ4n) is 2.89. The maximum absolute atomic E-state index is 12.5. The van der Waals surface area contributed by atoms with Crippen molar-refractivity contribution >= 4 is 27.0 Å². The van der Waals surface area contributed by atoms with Crippen molar-refractivity contribution in [3.63, 3.8) is 0 Å². The molecule has 1 aromatic heterocycles. The number of esters is 1. The smallest absolute Gasteiger partial charge is 0.374 e. The zero-order valence-electron chi connectivity index (χ0n) is 14.3. The summed E-state index contributed by atoms with van der Waals surface area (Å²) in [6.45, 7) is 3.86. The number of ether oxygens (including phenoxy) is 1. The Hall–Kier alpha value is -1.90. The van der Waals surface area contributed by atoms with E-state index in [1.807, 2.05) is 0 Å². The Balaban J connectivity index is 1.89. The topological polar surface area (TPSA) is 112 Å². The van der Waals surface area contributed by atoms with Crippen molar-refractivity contribution < 1.29 is 22.4 Å². The van der Waals surface area contributed by atoms with Crippen LogP contribution in [-0.2, 0) is 14.8 Å². The van der Waals surface area contributed by atoms with E-state index >= 15 is 0 Å². The standard InChI is InChI=1S/C17H22N2O5S/c1-3-23-16(20)15-11(2)13-9-12(5-6-14(13)24-15)25(21,22)19-10-17(18)7-4-8-17/h5-6,9,19H,3-4,7-8,10,18H2,1-2H3. The minimum absolute atomic E-state index is 0.0923. The van der Waals surface area contributed by atoms with E-state index in [0.29, 0.717) is 16.5 Å². The molecule has 0 amide bonds. The molecule has 136 valence electrons. The molecular formula is C17H22N2O5S. The number of aryl methyl sites for hydroxylation is 1. The van der Waals surface area contributed by atoms with Gasteiger partial charge < -0.3 is 14.9 Å². The van der Waals surface area contributed by atoms with Crippen molar-refractivity contribution in [3.8, 4) is 0 Å². The summed E-state index contributed by atoms with van der Waals surface area (Å²) in [7, 11) is -3.69. The largest absolute Gasteiger partial charge is 0.460 e. The van der Waals surface area contributed by atoms with Gasteiger partial charge in [0, 0.05) is 23.0 Å². The van der Waals surface area contributed by atoms with Crippen LogP contribution in [0.4, 0.5) is 0 Å². The molecule has 3 N–H and O–H groups in total. The van der Waals surface area contributed by atoms with E-state index in [2.05, 4.69) is 4.72 Å². The van der Waals surface area contributed by atoms with Gasteiger partial charge in [-0.05, 0) is 51.3 Å². The minimum atomic E-state index is -3.69. The summed E-state index contributed by atoms with van der Waals surface area (Å²) in [5.74, 6) is -0.469. The molecule has 0 saturated heterocycles. The average molecular weight is 366 g/mol. The Labute approximate surface area is 146 Å². The molecule has 1 aliphatic rings. The van der Waals surface area contributed by atoms with Crippen molar-refractivity contribution in [2.45, 2.75) is 43.5 Å². The van der Waals surface area contributed by atoms with Crippen LogP contribution in [0.1, 0.15) is 42.3 Å². The van der Waals surface area contributed by atoms with E-state index in [1.54, 1.807) is 19.9 Å². The van der Waals surface area contributed by atoms with Crippen LogP contribution < -0.4 is 10.5 Å². The molecule has 25 heavy (non-hydrogen) atoms. The first-order valence-electron chi connectivity index (χ1n) is 8.24. The Bertz CT molecular complexity index is 913. The van der Waals surface area contributed by atoms with Crippen molar-refractivity contribution in [2.24, 2.45) is 5.73 Å². The molecule has 0 unspecified atom stereocenters. The van der Waals surface area contributed by atoms with E-state index in [9.17, 15) is 13.2 Å². The van der Waals surface area contributed by atoms with Crippen LogP contribution in [0.25, 0.3) is 11.0 Å². The summed E-state index contributed by atoms with van der Waals surface area (Å²) < 4.78 is 38.1. The highest BCUT2D eigenvalue weighted by molar-refractivity contribution is 7.89.